The number of hydrogen-bond donors (Lipinski definition) is 1. The Bertz CT molecular complexity index is 600. The van der Waals surface area contributed by atoms with Crippen LogP contribution in [0.1, 0.15) is 48.0 Å². The standard InChI is InChI=1S/C17H16Cl2O/c18-14-8-3-9-15(19)16(14)17(20)13-7-2-6-12(10-13)11-4-1-5-11/h2-3,6-11,17,20H,1,4-5H2. The topological polar surface area (TPSA) is 20.2 Å². The van der Waals surface area contributed by atoms with E-state index in [4.69, 9.17) is 23.2 Å². The molecular weight excluding hydrogens is 291 g/mol. The second-order valence-corrected chi connectivity index (χ2v) is 6.15. The molecule has 0 spiro atoms. The van der Waals surface area contributed by atoms with Gasteiger partial charge in [-0.25, -0.2) is 0 Å². The number of rotatable bonds is 3. The van der Waals surface area contributed by atoms with Gasteiger partial charge in [-0.15, -0.1) is 0 Å². The van der Waals surface area contributed by atoms with Gasteiger partial charge < -0.3 is 5.11 Å². The van der Waals surface area contributed by atoms with Crippen LogP contribution in [0, 0.1) is 0 Å². The van der Waals surface area contributed by atoms with Crippen molar-refractivity contribution in [3.63, 3.8) is 0 Å². The van der Waals surface area contributed by atoms with Crippen LogP contribution in [0.2, 0.25) is 10.0 Å². The molecule has 0 heterocycles. The van der Waals surface area contributed by atoms with E-state index in [-0.39, 0.29) is 0 Å². The normalized spacial score (nSPS) is 16.8. The van der Waals surface area contributed by atoms with Crippen LogP contribution < -0.4 is 0 Å². The predicted octanol–water partition coefficient (Wildman–Crippen LogP) is 5.34. The molecule has 20 heavy (non-hydrogen) atoms. The Morgan fingerprint density at radius 1 is 1.00 bits per heavy atom. The molecule has 1 N–H and O–H groups in total. The molecule has 1 unspecified atom stereocenters. The van der Waals surface area contributed by atoms with Gasteiger partial charge >= 0.3 is 0 Å². The van der Waals surface area contributed by atoms with Crippen LogP contribution in [0.4, 0.5) is 0 Å². The van der Waals surface area contributed by atoms with Crippen LogP contribution in [0.5, 0.6) is 0 Å². The highest BCUT2D eigenvalue weighted by Gasteiger charge is 2.22. The van der Waals surface area contributed by atoms with Gasteiger partial charge in [0.15, 0.2) is 0 Å². The van der Waals surface area contributed by atoms with E-state index in [0.717, 1.165) is 5.56 Å². The van der Waals surface area contributed by atoms with Crippen LogP contribution in [0.15, 0.2) is 42.5 Å². The first-order valence-electron chi connectivity index (χ1n) is 6.88. The summed E-state index contributed by atoms with van der Waals surface area (Å²) >= 11 is 12.3. The Labute approximate surface area is 129 Å². The maximum atomic E-state index is 10.6. The zero-order chi connectivity index (χ0) is 14.1. The van der Waals surface area contributed by atoms with Crippen LogP contribution in [-0.2, 0) is 0 Å². The van der Waals surface area contributed by atoms with Crippen molar-refractivity contribution in [1.82, 2.24) is 0 Å². The van der Waals surface area contributed by atoms with E-state index in [1.807, 2.05) is 12.1 Å². The van der Waals surface area contributed by atoms with Crippen LogP contribution in [0.3, 0.4) is 0 Å². The third-order valence-corrected chi connectivity index (χ3v) is 4.74. The van der Waals surface area contributed by atoms with Crippen molar-refractivity contribution in [2.45, 2.75) is 31.3 Å². The summed E-state index contributed by atoms with van der Waals surface area (Å²) < 4.78 is 0. The average Bonchev–Trinajstić information content (AvgIpc) is 2.36. The average molecular weight is 307 g/mol. The quantitative estimate of drug-likeness (QED) is 0.811. The maximum absolute atomic E-state index is 10.6. The zero-order valence-corrected chi connectivity index (χ0v) is 12.5. The lowest BCUT2D eigenvalue weighted by atomic mass is 9.79. The van der Waals surface area contributed by atoms with Crippen LogP contribution in [0.25, 0.3) is 0 Å². The molecule has 1 fully saturated rings. The number of aliphatic hydroxyl groups excluding tert-OH is 1. The summed E-state index contributed by atoms with van der Waals surface area (Å²) in [5, 5.41) is 11.6. The van der Waals surface area contributed by atoms with E-state index in [1.54, 1.807) is 18.2 Å². The second-order valence-electron chi connectivity index (χ2n) is 5.34. The first-order chi connectivity index (χ1) is 9.66. The lowest BCUT2D eigenvalue weighted by Crippen LogP contribution is -2.10. The molecule has 104 valence electrons. The van der Waals surface area contributed by atoms with Gasteiger partial charge in [0.25, 0.3) is 0 Å². The molecule has 0 saturated heterocycles. The van der Waals surface area contributed by atoms with Crippen molar-refractivity contribution >= 4 is 23.2 Å². The summed E-state index contributed by atoms with van der Waals surface area (Å²) in [4.78, 5) is 0. The summed E-state index contributed by atoms with van der Waals surface area (Å²) in [6.07, 6.45) is 3.00. The minimum Gasteiger partial charge on any atom is -0.384 e. The van der Waals surface area contributed by atoms with Crippen molar-refractivity contribution in [2.24, 2.45) is 0 Å². The fourth-order valence-corrected chi connectivity index (χ4v) is 3.27. The van der Waals surface area contributed by atoms with E-state index in [2.05, 4.69) is 12.1 Å². The van der Waals surface area contributed by atoms with Crippen LogP contribution >= 0.6 is 23.2 Å². The minimum atomic E-state index is -0.781. The van der Waals surface area contributed by atoms with Crippen molar-refractivity contribution in [3.8, 4) is 0 Å². The van der Waals surface area contributed by atoms with Crippen LogP contribution in [-0.4, -0.2) is 5.11 Å². The van der Waals surface area contributed by atoms with Gasteiger partial charge in [0.05, 0.1) is 0 Å². The molecule has 1 nitrogen and oxygen atoms in total. The van der Waals surface area contributed by atoms with Gasteiger partial charge in [0.2, 0.25) is 0 Å². The predicted molar refractivity (Wildman–Crippen MR) is 83.6 cm³/mol. The Morgan fingerprint density at radius 3 is 2.25 bits per heavy atom. The van der Waals surface area contributed by atoms with Crippen molar-refractivity contribution in [2.75, 3.05) is 0 Å². The zero-order valence-electron chi connectivity index (χ0n) is 11.0. The molecule has 1 atom stereocenters. The third kappa shape index (κ3) is 2.58. The largest absolute Gasteiger partial charge is 0.384 e. The molecule has 2 aromatic carbocycles. The molecule has 3 heteroatoms. The molecule has 0 radical (unpaired) electrons. The monoisotopic (exact) mass is 306 g/mol. The number of halogens is 2. The number of benzene rings is 2. The van der Waals surface area contributed by atoms with Gasteiger partial charge in [-0.3, -0.25) is 0 Å². The Balaban J connectivity index is 1.95. The van der Waals surface area contributed by atoms with Gasteiger partial charge in [-0.2, -0.15) is 0 Å². The Hall–Kier alpha value is -1.02. The van der Waals surface area contributed by atoms with Crippen molar-refractivity contribution in [3.05, 3.63) is 69.2 Å². The fourth-order valence-electron chi connectivity index (χ4n) is 2.66. The lowest BCUT2D eigenvalue weighted by Gasteiger charge is -2.26. The molecular formula is C17H16Cl2O. The third-order valence-electron chi connectivity index (χ3n) is 4.08. The number of hydrogen-bond acceptors (Lipinski definition) is 1. The molecule has 0 amide bonds. The molecule has 1 aliphatic rings. The van der Waals surface area contributed by atoms with E-state index in [9.17, 15) is 5.11 Å². The van der Waals surface area contributed by atoms with E-state index in [1.165, 1.54) is 24.8 Å². The van der Waals surface area contributed by atoms with Gasteiger partial charge in [-0.1, -0.05) is 60.0 Å². The molecule has 0 bridgehead atoms. The van der Waals surface area contributed by atoms with Crippen molar-refractivity contribution < 1.29 is 5.11 Å². The van der Waals surface area contributed by atoms with Crippen molar-refractivity contribution in [1.29, 1.82) is 0 Å². The Kier molecular flexibility index (Phi) is 4.02. The van der Waals surface area contributed by atoms with Gasteiger partial charge in [0, 0.05) is 15.6 Å². The smallest absolute Gasteiger partial charge is 0.107 e. The second kappa shape index (κ2) is 5.77. The first-order valence-corrected chi connectivity index (χ1v) is 7.64. The molecule has 0 aromatic heterocycles. The fraction of sp³-hybridized carbons (Fsp3) is 0.294. The SMILES string of the molecule is OC(c1cccc(C2CCC2)c1)c1c(Cl)cccc1Cl. The van der Waals surface area contributed by atoms with Gasteiger partial charge in [0.1, 0.15) is 6.10 Å². The summed E-state index contributed by atoms with van der Waals surface area (Å²) in [7, 11) is 0. The highest BCUT2D eigenvalue weighted by atomic mass is 35.5. The van der Waals surface area contributed by atoms with E-state index >= 15 is 0 Å². The summed E-state index contributed by atoms with van der Waals surface area (Å²) in [6, 6.07) is 13.4. The molecule has 1 saturated carbocycles. The highest BCUT2D eigenvalue weighted by Crippen LogP contribution is 2.39. The first kappa shape index (κ1) is 13.9. The summed E-state index contributed by atoms with van der Waals surface area (Å²) in [6.45, 7) is 0. The van der Waals surface area contributed by atoms with E-state index in [0.29, 0.717) is 21.5 Å². The highest BCUT2D eigenvalue weighted by molar-refractivity contribution is 6.36. The maximum Gasteiger partial charge on any atom is 0.107 e. The Morgan fingerprint density at radius 2 is 1.65 bits per heavy atom. The summed E-state index contributed by atoms with van der Waals surface area (Å²) in [5.41, 5.74) is 2.74. The van der Waals surface area contributed by atoms with E-state index < -0.39 is 6.10 Å². The lowest BCUT2D eigenvalue weighted by molar-refractivity contribution is 0.220. The summed E-state index contributed by atoms with van der Waals surface area (Å²) in [5.74, 6) is 0.642. The van der Waals surface area contributed by atoms with Gasteiger partial charge in [-0.05, 0) is 42.0 Å². The minimum absolute atomic E-state index is 0.499. The molecule has 3 rings (SSSR count). The molecule has 0 aliphatic heterocycles. The molecule has 1 aliphatic carbocycles. The molecule has 2 aromatic rings. The number of aliphatic hydroxyl groups is 1.